The maximum absolute atomic E-state index is 13.5. The molecule has 5 atom stereocenters. The fraction of sp³-hybridized carbons (Fsp3) is 0.500. The number of nitrogens with one attached hydrogen (secondary N) is 1. The predicted octanol–water partition coefficient (Wildman–Crippen LogP) is 3.87. The van der Waals surface area contributed by atoms with Gasteiger partial charge in [0.2, 0.25) is 0 Å². The van der Waals surface area contributed by atoms with Crippen molar-refractivity contribution in [1.82, 2.24) is 29.1 Å². The van der Waals surface area contributed by atoms with E-state index in [1.54, 1.807) is 40.8 Å². The van der Waals surface area contributed by atoms with E-state index in [2.05, 4.69) is 31.0 Å². The van der Waals surface area contributed by atoms with E-state index in [1.165, 1.54) is 12.7 Å². The van der Waals surface area contributed by atoms with Crippen LogP contribution in [0.3, 0.4) is 0 Å². The molecule has 4 heterocycles. The molecule has 2 fully saturated rings. The van der Waals surface area contributed by atoms with Crippen LogP contribution in [0.1, 0.15) is 59.0 Å². The van der Waals surface area contributed by atoms with Crippen molar-refractivity contribution >= 4 is 37.3 Å². The summed E-state index contributed by atoms with van der Waals surface area (Å²) in [7, 11) is -0.0569. The van der Waals surface area contributed by atoms with Crippen molar-refractivity contribution < 1.29 is 24.7 Å². The van der Waals surface area contributed by atoms with E-state index in [9.17, 15) is 9.59 Å². The minimum absolute atomic E-state index is 0.0446. The Hall–Kier alpha value is -3.53. The first-order valence-corrected chi connectivity index (χ1v) is 14.8. The number of anilines is 1. The fourth-order valence-corrected chi connectivity index (χ4v) is 7.23. The van der Waals surface area contributed by atoms with Crippen molar-refractivity contribution in [2.45, 2.75) is 77.1 Å². The first-order valence-electron chi connectivity index (χ1n) is 14.4. The SMILES string of the molecule is [2H]C[C@@]12O[C@@H](n3cnc4c(NC(=O)c5ccccc5)ncnc43)[C@@H]([C@@H]1OP(OCCC#N)N(C(C)C)C(C)C)N(C)C2=O. The van der Waals surface area contributed by atoms with Gasteiger partial charge in [-0.1, -0.05) is 18.2 Å². The van der Waals surface area contributed by atoms with Gasteiger partial charge in [0, 0.05) is 26.1 Å². The molecule has 0 aliphatic carbocycles. The van der Waals surface area contributed by atoms with Crippen LogP contribution in [0.5, 0.6) is 0 Å². The molecule has 2 aromatic heterocycles. The highest BCUT2D eigenvalue weighted by Crippen LogP contribution is 2.56. The number of carbonyl (C=O) groups is 2. The fourth-order valence-electron chi connectivity index (χ4n) is 5.44. The topological polar surface area (TPSA) is 148 Å². The zero-order valence-corrected chi connectivity index (χ0v) is 25.1. The van der Waals surface area contributed by atoms with Gasteiger partial charge in [-0.15, -0.1) is 0 Å². The van der Waals surface area contributed by atoms with Crippen molar-refractivity contribution in [2.24, 2.45) is 0 Å². The molecule has 5 rings (SSSR count). The maximum Gasteiger partial charge on any atom is 0.259 e. The number of likely N-dealkylation sites (N-methyl/N-ethyl adjacent to an activating group) is 1. The van der Waals surface area contributed by atoms with E-state index in [0.29, 0.717) is 16.7 Å². The Balaban J connectivity index is 1.49. The van der Waals surface area contributed by atoms with Gasteiger partial charge < -0.3 is 24.0 Å². The van der Waals surface area contributed by atoms with Gasteiger partial charge in [0.05, 0.1) is 25.4 Å². The number of imidazole rings is 1. The number of nitriles is 1. The van der Waals surface area contributed by atoms with Gasteiger partial charge in [-0.05, 0) is 46.7 Å². The Morgan fingerprint density at radius 1 is 1.26 bits per heavy atom. The molecular weight excluding hydrogens is 559 g/mol. The van der Waals surface area contributed by atoms with Crippen LogP contribution in [-0.4, -0.2) is 84.4 Å². The van der Waals surface area contributed by atoms with Gasteiger partial charge in [-0.3, -0.25) is 14.2 Å². The number of hydrogen-bond donors (Lipinski definition) is 1. The number of hydrogen-bond acceptors (Lipinski definition) is 10. The molecule has 1 unspecified atom stereocenters. The zero-order chi connectivity index (χ0) is 30.9. The number of amides is 2. The van der Waals surface area contributed by atoms with Gasteiger partial charge in [0.15, 0.2) is 28.8 Å². The van der Waals surface area contributed by atoms with Crippen LogP contribution in [0.15, 0.2) is 43.0 Å². The summed E-state index contributed by atoms with van der Waals surface area (Å²) in [6.45, 7) is 7.89. The molecule has 1 aromatic carbocycles. The number of aromatic nitrogens is 4. The van der Waals surface area contributed by atoms with E-state index in [1.807, 2.05) is 33.8 Å². The standard InChI is InChI=1S/C28H35N8O5P/c1-17(2)36(18(3)4)42(39-14-10-13-29)41-22-21-26(40-28(22,5)27(38)34(21)6)35-16-32-20-23(30-15-31-24(20)35)33-25(37)19-11-8-7-9-12-19/h7-9,11-12,15-18,21-22,26H,10,14H2,1-6H3,(H,30,31,33,37)/t21-,22+,26-,28-,42?/m1/s1/i5D. The number of rotatable bonds is 11. The van der Waals surface area contributed by atoms with Crippen molar-refractivity contribution in [3.8, 4) is 6.07 Å². The van der Waals surface area contributed by atoms with Gasteiger partial charge in [0.25, 0.3) is 20.3 Å². The molecule has 222 valence electrons. The third-order valence-electron chi connectivity index (χ3n) is 7.29. The third kappa shape index (κ3) is 5.25. The normalized spacial score (nSPS) is 24.5. The Morgan fingerprint density at radius 2 is 2.00 bits per heavy atom. The van der Waals surface area contributed by atoms with Gasteiger partial charge in [-0.25, -0.2) is 19.6 Å². The summed E-state index contributed by atoms with van der Waals surface area (Å²) < 4.78 is 31.4. The summed E-state index contributed by atoms with van der Waals surface area (Å²) in [6, 6.07) is 10.3. The summed E-state index contributed by atoms with van der Waals surface area (Å²) in [4.78, 5) is 41.0. The highest BCUT2D eigenvalue weighted by Gasteiger charge is 2.68. The van der Waals surface area contributed by atoms with E-state index in [-0.39, 0.29) is 49.6 Å². The van der Waals surface area contributed by atoms with Crippen molar-refractivity contribution in [3.63, 3.8) is 0 Å². The van der Waals surface area contributed by atoms with Crippen LogP contribution in [0.25, 0.3) is 11.2 Å². The lowest BCUT2D eigenvalue weighted by molar-refractivity contribution is -0.170. The van der Waals surface area contributed by atoms with Crippen molar-refractivity contribution in [3.05, 3.63) is 48.5 Å². The Morgan fingerprint density at radius 3 is 2.67 bits per heavy atom. The lowest BCUT2D eigenvalue weighted by atomic mass is 10.0. The molecule has 2 saturated heterocycles. The minimum atomic E-state index is -1.72. The molecule has 0 saturated carbocycles. The average molecular weight is 596 g/mol. The Bertz CT molecular complexity index is 1510. The van der Waals surface area contributed by atoms with Gasteiger partial charge in [0.1, 0.15) is 18.5 Å². The number of ether oxygens (including phenoxy) is 1. The number of benzene rings is 1. The first kappa shape index (κ1) is 28.6. The van der Waals surface area contributed by atoms with Crippen LogP contribution in [0, 0.1) is 11.3 Å². The van der Waals surface area contributed by atoms with E-state index in [4.69, 9.17) is 20.4 Å². The summed E-state index contributed by atoms with van der Waals surface area (Å²) >= 11 is 0. The Labute approximate surface area is 247 Å². The second-order valence-electron chi connectivity index (χ2n) is 10.7. The zero-order valence-electron chi connectivity index (χ0n) is 25.2. The van der Waals surface area contributed by atoms with Gasteiger partial charge >= 0.3 is 0 Å². The number of morpholine rings is 1. The van der Waals surface area contributed by atoms with Crippen molar-refractivity contribution in [2.75, 3.05) is 19.0 Å². The van der Waals surface area contributed by atoms with E-state index in [0.717, 1.165) is 0 Å². The predicted molar refractivity (Wildman–Crippen MR) is 155 cm³/mol. The van der Waals surface area contributed by atoms with E-state index < -0.39 is 32.5 Å². The molecule has 1 N–H and O–H groups in total. The number of carbonyl (C=O) groups excluding carboxylic acids is 2. The van der Waals surface area contributed by atoms with Crippen molar-refractivity contribution in [1.29, 1.82) is 5.26 Å². The third-order valence-corrected chi connectivity index (χ3v) is 9.40. The van der Waals surface area contributed by atoms with Crippen LogP contribution >= 0.6 is 8.53 Å². The van der Waals surface area contributed by atoms with Crippen LogP contribution < -0.4 is 5.32 Å². The van der Waals surface area contributed by atoms with Crippen LogP contribution in [-0.2, 0) is 18.6 Å². The highest BCUT2D eigenvalue weighted by atomic mass is 31.2. The van der Waals surface area contributed by atoms with E-state index >= 15 is 0 Å². The molecule has 2 bridgehead atoms. The Kier molecular flexibility index (Phi) is 8.16. The number of fused-ring (bicyclic) bond motifs is 3. The summed E-state index contributed by atoms with van der Waals surface area (Å²) in [6.07, 6.45) is 1.39. The molecule has 2 amide bonds. The highest BCUT2D eigenvalue weighted by molar-refractivity contribution is 7.44. The lowest BCUT2D eigenvalue weighted by Crippen LogP contribution is -2.47. The van der Waals surface area contributed by atoms with Crippen LogP contribution in [0.2, 0.25) is 0 Å². The molecule has 42 heavy (non-hydrogen) atoms. The number of nitrogens with zero attached hydrogens (tertiary/aromatic N) is 7. The molecule has 13 nitrogen and oxygen atoms in total. The lowest BCUT2D eigenvalue weighted by Gasteiger charge is -2.37. The molecule has 0 spiro atoms. The molecule has 0 radical (unpaired) electrons. The van der Waals surface area contributed by atoms with Crippen LogP contribution in [0.4, 0.5) is 5.82 Å². The second-order valence-corrected chi connectivity index (χ2v) is 12.2. The minimum Gasteiger partial charge on any atom is -0.337 e. The molecule has 2 aliphatic heterocycles. The maximum atomic E-state index is 13.5. The molecule has 2 aliphatic rings. The molecule has 14 heteroatoms. The largest absolute Gasteiger partial charge is 0.337 e. The summed E-state index contributed by atoms with van der Waals surface area (Å²) in [5.74, 6) is -0.466. The van der Waals surface area contributed by atoms with Gasteiger partial charge in [-0.2, -0.15) is 5.26 Å². The molecular formula is C28H35N8O5P. The summed E-state index contributed by atoms with van der Waals surface area (Å²) in [5, 5.41) is 11.9. The first-order chi connectivity index (χ1) is 20.6. The number of likely N-dealkylation sites (tertiary alicyclic amines) is 1. The quantitative estimate of drug-likeness (QED) is 0.256. The monoisotopic (exact) mass is 595 g/mol. The average Bonchev–Trinajstić information content (AvgIpc) is 3.62. The molecule has 3 aromatic rings. The second kappa shape index (κ2) is 12.0. The summed E-state index contributed by atoms with van der Waals surface area (Å²) in [5.41, 5.74) is -0.392. The smallest absolute Gasteiger partial charge is 0.259 e.